The second-order valence-electron chi connectivity index (χ2n) is 8.32. The molecule has 1 saturated carbocycles. The molecule has 26 heavy (non-hydrogen) atoms. The minimum absolute atomic E-state index is 0. The summed E-state index contributed by atoms with van der Waals surface area (Å²) in [6.07, 6.45) is 10.2. The van der Waals surface area contributed by atoms with Gasteiger partial charge in [0.15, 0.2) is 0 Å². The third-order valence-electron chi connectivity index (χ3n) is 6.13. The number of nitrogens with zero attached hydrogens (tertiary/aromatic N) is 1. The maximum Gasteiger partial charge on any atom is 0.225 e. The van der Waals surface area contributed by atoms with E-state index in [0.29, 0.717) is 19.5 Å². The minimum Gasteiger partial charge on any atom is -0.353 e. The Balaban J connectivity index is 0.00000338. The molecule has 2 atom stereocenters. The molecule has 152 valence electrons. The van der Waals surface area contributed by atoms with Crippen molar-refractivity contribution in [3.05, 3.63) is 0 Å². The molecule has 0 radical (unpaired) electrons. The molecule has 0 spiro atoms. The van der Waals surface area contributed by atoms with Crippen LogP contribution in [0.1, 0.15) is 78.1 Å². The third kappa shape index (κ3) is 6.41. The van der Waals surface area contributed by atoms with Crippen LogP contribution in [0.5, 0.6) is 0 Å². The van der Waals surface area contributed by atoms with Gasteiger partial charge in [-0.3, -0.25) is 9.59 Å². The van der Waals surface area contributed by atoms with E-state index in [2.05, 4.69) is 19.2 Å². The van der Waals surface area contributed by atoms with Gasteiger partial charge in [0.25, 0.3) is 0 Å². The summed E-state index contributed by atoms with van der Waals surface area (Å²) >= 11 is 0. The topological polar surface area (TPSA) is 75.4 Å². The zero-order valence-corrected chi connectivity index (χ0v) is 17.4. The molecule has 2 aliphatic rings. The zero-order valence-electron chi connectivity index (χ0n) is 16.6. The summed E-state index contributed by atoms with van der Waals surface area (Å²) in [7, 11) is 0. The molecule has 6 heteroatoms. The van der Waals surface area contributed by atoms with Gasteiger partial charge in [-0.15, -0.1) is 12.4 Å². The van der Waals surface area contributed by atoms with Crippen molar-refractivity contribution in [2.24, 2.45) is 17.1 Å². The molecule has 0 aromatic rings. The number of halogens is 1. The Morgan fingerprint density at radius 2 is 1.92 bits per heavy atom. The van der Waals surface area contributed by atoms with Crippen LogP contribution in [-0.2, 0) is 9.59 Å². The highest BCUT2D eigenvalue weighted by Gasteiger charge is 2.36. The molecule has 1 saturated heterocycles. The molecule has 0 aromatic carbocycles. The fourth-order valence-corrected chi connectivity index (χ4v) is 4.47. The van der Waals surface area contributed by atoms with E-state index in [1.54, 1.807) is 0 Å². The van der Waals surface area contributed by atoms with Crippen LogP contribution in [-0.4, -0.2) is 42.4 Å². The number of nitrogens with one attached hydrogen (secondary N) is 1. The summed E-state index contributed by atoms with van der Waals surface area (Å²) in [5, 5.41) is 3.11. The average molecular weight is 388 g/mol. The highest BCUT2D eigenvalue weighted by molar-refractivity contribution is 5.85. The molecule has 0 aromatic heterocycles. The molecular formula is C20H38ClN3O2. The zero-order chi connectivity index (χ0) is 18.3. The van der Waals surface area contributed by atoms with Crippen molar-refractivity contribution in [3.8, 4) is 0 Å². The number of amides is 2. The van der Waals surface area contributed by atoms with E-state index < -0.39 is 0 Å². The number of carbonyl (C=O) groups is 2. The lowest BCUT2D eigenvalue weighted by Gasteiger charge is -2.39. The molecule has 2 rings (SSSR count). The number of hydrogen-bond donors (Lipinski definition) is 2. The molecule has 0 bridgehead atoms. The predicted molar refractivity (Wildman–Crippen MR) is 108 cm³/mol. The van der Waals surface area contributed by atoms with Crippen molar-refractivity contribution in [1.82, 2.24) is 10.2 Å². The number of hydrogen-bond acceptors (Lipinski definition) is 3. The van der Waals surface area contributed by atoms with Crippen LogP contribution < -0.4 is 11.1 Å². The van der Waals surface area contributed by atoms with Gasteiger partial charge in [-0.25, -0.2) is 0 Å². The third-order valence-corrected chi connectivity index (χ3v) is 6.13. The quantitative estimate of drug-likeness (QED) is 0.704. The number of piperidine rings is 1. The molecule has 2 fully saturated rings. The van der Waals surface area contributed by atoms with Crippen molar-refractivity contribution < 1.29 is 9.59 Å². The van der Waals surface area contributed by atoms with E-state index >= 15 is 0 Å². The van der Waals surface area contributed by atoms with Crippen LogP contribution in [0.25, 0.3) is 0 Å². The fourth-order valence-electron chi connectivity index (χ4n) is 4.47. The van der Waals surface area contributed by atoms with Crippen molar-refractivity contribution in [2.45, 2.75) is 84.1 Å². The van der Waals surface area contributed by atoms with Gasteiger partial charge in [0, 0.05) is 25.6 Å². The molecule has 5 nitrogen and oxygen atoms in total. The highest BCUT2D eigenvalue weighted by Crippen LogP contribution is 2.39. The van der Waals surface area contributed by atoms with Gasteiger partial charge in [-0.05, 0) is 51.0 Å². The molecule has 3 N–H and O–H groups in total. The lowest BCUT2D eigenvalue weighted by Crippen LogP contribution is -2.48. The first kappa shape index (κ1) is 23.2. The summed E-state index contributed by atoms with van der Waals surface area (Å²) in [4.78, 5) is 27.3. The van der Waals surface area contributed by atoms with E-state index in [1.807, 2.05) is 4.90 Å². The lowest BCUT2D eigenvalue weighted by molar-refractivity contribution is -0.138. The van der Waals surface area contributed by atoms with Crippen LogP contribution in [0, 0.1) is 11.3 Å². The Morgan fingerprint density at radius 3 is 2.54 bits per heavy atom. The summed E-state index contributed by atoms with van der Waals surface area (Å²) in [5.74, 6) is 0.258. The summed E-state index contributed by atoms with van der Waals surface area (Å²) in [5.41, 5.74) is 6.04. The Morgan fingerprint density at radius 1 is 1.23 bits per heavy atom. The largest absolute Gasteiger partial charge is 0.353 e. The Hall–Kier alpha value is -0.810. The maximum absolute atomic E-state index is 12.9. The first-order chi connectivity index (χ1) is 12.0. The van der Waals surface area contributed by atoms with Crippen LogP contribution >= 0.6 is 12.4 Å². The van der Waals surface area contributed by atoms with Gasteiger partial charge in [-0.2, -0.15) is 0 Å². The SMILES string of the molecule is CCCC(C)NC(=O)C1CCCN(C(=O)CC2(CN)CCCCC2)C1.Cl. The van der Waals surface area contributed by atoms with Gasteiger partial charge < -0.3 is 16.0 Å². The molecule has 1 aliphatic heterocycles. The highest BCUT2D eigenvalue weighted by atomic mass is 35.5. The van der Waals surface area contributed by atoms with Gasteiger partial charge >= 0.3 is 0 Å². The molecule has 2 amide bonds. The monoisotopic (exact) mass is 387 g/mol. The first-order valence-electron chi connectivity index (χ1n) is 10.3. The standard InChI is InChI=1S/C20H37N3O2.ClH/c1-3-8-16(2)22-19(25)17-9-7-12-23(14-17)18(24)13-20(15-21)10-5-4-6-11-20;/h16-17H,3-15,21H2,1-2H3,(H,22,25);1H. The van der Waals surface area contributed by atoms with Gasteiger partial charge in [0.1, 0.15) is 0 Å². The minimum atomic E-state index is -0.0582. The number of likely N-dealkylation sites (tertiary alicyclic amines) is 1. The Bertz CT molecular complexity index is 452. The van der Waals surface area contributed by atoms with Crippen molar-refractivity contribution >= 4 is 24.2 Å². The molecule has 1 heterocycles. The number of rotatable bonds is 7. The van der Waals surface area contributed by atoms with Crippen molar-refractivity contribution in [1.29, 1.82) is 0 Å². The Kier molecular flexibility index (Phi) is 9.94. The normalized spacial score (nSPS) is 23.7. The van der Waals surface area contributed by atoms with E-state index in [9.17, 15) is 9.59 Å². The number of nitrogens with two attached hydrogens (primary N) is 1. The average Bonchev–Trinajstić information content (AvgIpc) is 2.62. The van der Waals surface area contributed by atoms with Gasteiger partial charge in [-0.1, -0.05) is 32.6 Å². The molecule has 2 unspecified atom stereocenters. The van der Waals surface area contributed by atoms with Crippen LogP contribution in [0.3, 0.4) is 0 Å². The second-order valence-corrected chi connectivity index (χ2v) is 8.32. The smallest absolute Gasteiger partial charge is 0.225 e. The van der Waals surface area contributed by atoms with E-state index in [4.69, 9.17) is 5.73 Å². The predicted octanol–water partition coefficient (Wildman–Crippen LogP) is 3.25. The summed E-state index contributed by atoms with van der Waals surface area (Å²) in [6.45, 7) is 6.15. The van der Waals surface area contributed by atoms with Crippen molar-refractivity contribution in [3.63, 3.8) is 0 Å². The maximum atomic E-state index is 12.9. The van der Waals surface area contributed by atoms with Crippen LogP contribution in [0.2, 0.25) is 0 Å². The van der Waals surface area contributed by atoms with Crippen LogP contribution in [0.4, 0.5) is 0 Å². The summed E-state index contributed by atoms with van der Waals surface area (Å²) < 4.78 is 0. The summed E-state index contributed by atoms with van der Waals surface area (Å²) in [6, 6.07) is 0.214. The van der Waals surface area contributed by atoms with E-state index in [1.165, 1.54) is 19.3 Å². The van der Waals surface area contributed by atoms with Crippen LogP contribution in [0.15, 0.2) is 0 Å². The number of carbonyl (C=O) groups excluding carboxylic acids is 2. The van der Waals surface area contributed by atoms with Gasteiger partial charge in [0.2, 0.25) is 11.8 Å². The van der Waals surface area contributed by atoms with Crippen molar-refractivity contribution in [2.75, 3.05) is 19.6 Å². The Labute approximate surface area is 165 Å². The molecular weight excluding hydrogens is 350 g/mol. The lowest BCUT2D eigenvalue weighted by atomic mass is 9.71. The van der Waals surface area contributed by atoms with E-state index in [0.717, 1.165) is 45.1 Å². The fraction of sp³-hybridized carbons (Fsp3) is 0.900. The van der Waals surface area contributed by atoms with Gasteiger partial charge in [0.05, 0.1) is 5.92 Å². The second kappa shape index (κ2) is 11.1. The molecule has 1 aliphatic carbocycles. The first-order valence-corrected chi connectivity index (χ1v) is 10.3. The van der Waals surface area contributed by atoms with E-state index in [-0.39, 0.29) is 41.6 Å².